The Balaban J connectivity index is 1.37. The van der Waals surface area contributed by atoms with E-state index in [1.54, 1.807) is 12.7 Å². The molecule has 6 heteroatoms. The SMILES string of the molecule is c1ccc2c(c1)CCN(CCNc1ncnc3nc[nH]c13)C2. The lowest BCUT2D eigenvalue weighted by Crippen LogP contribution is -2.34. The van der Waals surface area contributed by atoms with E-state index in [0.29, 0.717) is 5.65 Å². The van der Waals surface area contributed by atoms with E-state index in [4.69, 9.17) is 0 Å². The zero-order valence-electron chi connectivity index (χ0n) is 12.3. The minimum Gasteiger partial charge on any atom is -0.367 e. The predicted molar refractivity (Wildman–Crippen MR) is 85.6 cm³/mol. The van der Waals surface area contributed by atoms with Crippen molar-refractivity contribution in [2.75, 3.05) is 25.0 Å². The maximum absolute atomic E-state index is 4.29. The van der Waals surface area contributed by atoms with Crippen molar-refractivity contribution in [3.05, 3.63) is 48.0 Å². The number of rotatable bonds is 4. The number of nitrogens with zero attached hydrogens (tertiary/aromatic N) is 4. The Bertz CT molecular complexity index is 781. The molecule has 6 nitrogen and oxygen atoms in total. The molecule has 112 valence electrons. The van der Waals surface area contributed by atoms with Gasteiger partial charge in [-0.15, -0.1) is 0 Å². The van der Waals surface area contributed by atoms with Crippen molar-refractivity contribution >= 4 is 17.0 Å². The maximum Gasteiger partial charge on any atom is 0.182 e. The van der Waals surface area contributed by atoms with Gasteiger partial charge in [0.2, 0.25) is 0 Å². The number of hydrogen-bond donors (Lipinski definition) is 2. The fourth-order valence-corrected chi connectivity index (χ4v) is 2.98. The topological polar surface area (TPSA) is 69.7 Å². The van der Waals surface area contributed by atoms with Gasteiger partial charge in [-0.05, 0) is 17.5 Å². The van der Waals surface area contributed by atoms with E-state index in [1.807, 2.05) is 0 Å². The smallest absolute Gasteiger partial charge is 0.182 e. The Hall–Kier alpha value is -2.47. The summed E-state index contributed by atoms with van der Waals surface area (Å²) in [6.45, 7) is 3.99. The second kappa shape index (κ2) is 5.73. The van der Waals surface area contributed by atoms with E-state index in [9.17, 15) is 0 Å². The van der Waals surface area contributed by atoms with Crippen LogP contribution in [0.2, 0.25) is 0 Å². The summed E-state index contributed by atoms with van der Waals surface area (Å²) in [7, 11) is 0. The van der Waals surface area contributed by atoms with Gasteiger partial charge in [-0.2, -0.15) is 0 Å². The molecule has 2 aromatic heterocycles. The molecule has 0 atom stereocenters. The van der Waals surface area contributed by atoms with Crippen LogP contribution in [0.4, 0.5) is 5.82 Å². The van der Waals surface area contributed by atoms with E-state index in [0.717, 1.165) is 43.9 Å². The van der Waals surface area contributed by atoms with E-state index in [1.165, 1.54) is 11.1 Å². The first-order valence-corrected chi connectivity index (χ1v) is 7.57. The molecule has 0 aliphatic carbocycles. The summed E-state index contributed by atoms with van der Waals surface area (Å²) >= 11 is 0. The van der Waals surface area contributed by atoms with Crippen LogP contribution in [0.5, 0.6) is 0 Å². The van der Waals surface area contributed by atoms with Crippen molar-refractivity contribution in [2.45, 2.75) is 13.0 Å². The van der Waals surface area contributed by atoms with Crippen LogP contribution in [-0.4, -0.2) is 44.5 Å². The molecule has 3 aromatic rings. The Morgan fingerprint density at radius 1 is 1.14 bits per heavy atom. The van der Waals surface area contributed by atoms with Crippen LogP contribution in [0.25, 0.3) is 11.2 Å². The Morgan fingerprint density at radius 2 is 2.05 bits per heavy atom. The van der Waals surface area contributed by atoms with Crippen molar-refractivity contribution in [3.63, 3.8) is 0 Å². The van der Waals surface area contributed by atoms with Crippen LogP contribution in [0, 0.1) is 0 Å². The zero-order chi connectivity index (χ0) is 14.8. The average Bonchev–Trinajstić information content (AvgIpc) is 3.04. The molecule has 0 saturated heterocycles. The highest BCUT2D eigenvalue weighted by atomic mass is 15.2. The Labute approximate surface area is 128 Å². The molecule has 0 fully saturated rings. The van der Waals surface area contributed by atoms with Crippen molar-refractivity contribution in [1.82, 2.24) is 24.8 Å². The molecule has 1 aromatic carbocycles. The highest BCUT2D eigenvalue weighted by Gasteiger charge is 2.15. The largest absolute Gasteiger partial charge is 0.367 e. The van der Waals surface area contributed by atoms with Gasteiger partial charge in [0.15, 0.2) is 11.5 Å². The third-order valence-corrected chi connectivity index (χ3v) is 4.15. The lowest BCUT2D eigenvalue weighted by atomic mass is 10.00. The summed E-state index contributed by atoms with van der Waals surface area (Å²) < 4.78 is 0. The number of fused-ring (bicyclic) bond motifs is 2. The maximum atomic E-state index is 4.29. The fraction of sp³-hybridized carbons (Fsp3) is 0.312. The van der Waals surface area contributed by atoms with E-state index >= 15 is 0 Å². The standard InChI is InChI=1S/C16H18N6/c1-2-4-13-9-22(7-5-12(13)3-1)8-6-17-15-14-16(19-10-18-14)21-11-20-15/h1-4,10-11H,5-9H2,(H2,17,18,19,20,21). The van der Waals surface area contributed by atoms with Crippen molar-refractivity contribution in [1.29, 1.82) is 0 Å². The van der Waals surface area contributed by atoms with Gasteiger partial charge in [-0.1, -0.05) is 24.3 Å². The quantitative estimate of drug-likeness (QED) is 0.768. The third-order valence-electron chi connectivity index (χ3n) is 4.15. The number of imidazole rings is 1. The molecule has 0 spiro atoms. The number of H-pyrrole nitrogens is 1. The molecule has 0 bridgehead atoms. The molecule has 4 rings (SSSR count). The van der Waals surface area contributed by atoms with Crippen LogP contribution < -0.4 is 5.32 Å². The highest BCUT2D eigenvalue weighted by molar-refractivity contribution is 5.81. The van der Waals surface area contributed by atoms with Crippen LogP contribution in [-0.2, 0) is 13.0 Å². The average molecular weight is 294 g/mol. The van der Waals surface area contributed by atoms with Crippen LogP contribution in [0.1, 0.15) is 11.1 Å². The Morgan fingerprint density at radius 3 is 3.00 bits per heavy atom. The molecule has 0 saturated carbocycles. The second-order valence-electron chi connectivity index (χ2n) is 5.55. The van der Waals surface area contributed by atoms with Gasteiger partial charge in [0.25, 0.3) is 0 Å². The summed E-state index contributed by atoms with van der Waals surface area (Å²) in [6.07, 6.45) is 4.32. The van der Waals surface area contributed by atoms with Gasteiger partial charge in [-0.3, -0.25) is 4.90 Å². The normalized spacial score (nSPS) is 14.9. The van der Waals surface area contributed by atoms with E-state index in [2.05, 4.69) is 54.4 Å². The molecule has 1 aliphatic rings. The summed E-state index contributed by atoms with van der Waals surface area (Å²) in [5.74, 6) is 0.819. The number of hydrogen-bond acceptors (Lipinski definition) is 5. The van der Waals surface area contributed by atoms with Gasteiger partial charge >= 0.3 is 0 Å². The van der Waals surface area contributed by atoms with Gasteiger partial charge in [0.1, 0.15) is 11.8 Å². The summed E-state index contributed by atoms with van der Waals surface area (Å²) in [4.78, 5) is 18.1. The lowest BCUT2D eigenvalue weighted by molar-refractivity contribution is 0.264. The first-order valence-electron chi connectivity index (χ1n) is 7.57. The summed E-state index contributed by atoms with van der Waals surface area (Å²) in [6, 6.07) is 8.71. The van der Waals surface area contributed by atoms with Crippen LogP contribution in [0.15, 0.2) is 36.9 Å². The van der Waals surface area contributed by atoms with Crippen LogP contribution in [0.3, 0.4) is 0 Å². The summed E-state index contributed by atoms with van der Waals surface area (Å²) in [5.41, 5.74) is 4.50. The molecule has 3 heterocycles. The lowest BCUT2D eigenvalue weighted by Gasteiger charge is -2.28. The van der Waals surface area contributed by atoms with Gasteiger partial charge in [0.05, 0.1) is 6.33 Å². The molecule has 0 amide bonds. The summed E-state index contributed by atoms with van der Waals surface area (Å²) in [5, 5.41) is 3.38. The van der Waals surface area contributed by atoms with Gasteiger partial charge in [0, 0.05) is 26.2 Å². The first kappa shape index (κ1) is 13.2. The third kappa shape index (κ3) is 2.53. The van der Waals surface area contributed by atoms with Gasteiger partial charge < -0.3 is 10.3 Å². The molecule has 1 aliphatic heterocycles. The second-order valence-corrected chi connectivity index (χ2v) is 5.55. The molecule has 2 N–H and O–H groups in total. The number of nitrogens with one attached hydrogen (secondary N) is 2. The molecule has 0 unspecified atom stereocenters. The highest BCUT2D eigenvalue weighted by Crippen LogP contribution is 2.18. The number of benzene rings is 1. The van der Waals surface area contributed by atoms with Crippen LogP contribution >= 0.6 is 0 Å². The number of aromatic amines is 1. The van der Waals surface area contributed by atoms with E-state index < -0.39 is 0 Å². The van der Waals surface area contributed by atoms with Crippen molar-refractivity contribution in [3.8, 4) is 0 Å². The predicted octanol–water partition coefficient (Wildman–Crippen LogP) is 1.82. The molecular formula is C16H18N6. The number of aromatic nitrogens is 4. The van der Waals surface area contributed by atoms with Crippen molar-refractivity contribution < 1.29 is 0 Å². The first-order chi connectivity index (χ1) is 10.9. The minimum atomic E-state index is 0.699. The fourth-order valence-electron chi connectivity index (χ4n) is 2.98. The van der Waals surface area contributed by atoms with Crippen molar-refractivity contribution in [2.24, 2.45) is 0 Å². The number of anilines is 1. The monoisotopic (exact) mass is 294 g/mol. The van der Waals surface area contributed by atoms with E-state index in [-0.39, 0.29) is 0 Å². The molecular weight excluding hydrogens is 276 g/mol. The molecule has 0 radical (unpaired) electrons. The molecule has 22 heavy (non-hydrogen) atoms. The zero-order valence-corrected chi connectivity index (χ0v) is 12.3. The van der Waals surface area contributed by atoms with Gasteiger partial charge in [-0.25, -0.2) is 15.0 Å². The Kier molecular flexibility index (Phi) is 3.44. The minimum absolute atomic E-state index is 0.699.